The molecule has 0 saturated carbocycles. The first-order chi connectivity index (χ1) is 7.79. The molecule has 1 atom stereocenters. The van der Waals surface area contributed by atoms with Crippen LogP contribution in [0.15, 0.2) is 16.5 Å². The molecular formula is C9H6ClF3N2OS. The van der Waals surface area contributed by atoms with Crippen molar-refractivity contribution in [3.05, 3.63) is 28.3 Å². The number of carbonyl (C=O) groups excluding carboxylic acids is 1. The highest BCUT2D eigenvalue weighted by atomic mass is 35.5. The standard InChI is InChI=1S/C9H6ClF3N2OS/c1-17-14-7-5(8(16)15-17)2-4(3-6(7)10)9(11,12)13/h2-3H,1H3,(H,14,15,16). The summed E-state index contributed by atoms with van der Waals surface area (Å²) >= 11 is 5.71. The average Bonchev–Trinajstić information content (AvgIpc) is 2.17. The maximum absolute atomic E-state index is 12.5. The van der Waals surface area contributed by atoms with Crippen LogP contribution in [0.3, 0.4) is 0 Å². The van der Waals surface area contributed by atoms with Gasteiger partial charge in [-0.15, -0.1) is 0 Å². The van der Waals surface area contributed by atoms with E-state index in [1.807, 2.05) is 0 Å². The Bertz CT molecular complexity index is 542. The van der Waals surface area contributed by atoms with Crippen molar-refractivity contribution in [3.63, 3.8) is 0 Å². The van der Waals surface area contributed by atoms with E-state index in [0.717, 1.165) is 12.1 Å². The zero-order valence-corrected chi connectivity index (χ0v) is 10.0. The van der Waals surface area contributed by atoms with Crippen LogP contribution in [0, 0.1) is 0 Å². The third kappa shape index (κ3) is 2.30. The minimum Gasteiger partial charge on any atom is -0.288 e. The fourth-order valence-electron chi connectivity index (χ4n) is 1.38. The van der Waals surface area contributed by atoms with Gasteiger partial charge in [-0.25, -0.2) is 4.36 Å². The second kappa shape index (κ2) is 3.99. The number of nitrogens with zero attached hydrogens (tertiary/aromatic N) is 1. The van der Waals surface area contributed by atoms with E-state index in [1.54, 1.807) is 6.26 Å². The lowest BCUT2D eigenvalue weighted by atomic mass is 10.1. The predicted octanol–water partition coefficient (Wildman–Crippen LogP) is 3.08. The van der Waals surface area contributed by atoms with Crippen LogP contribution in [0.1, 0.15) is 15.9 Å². The molecule has 0 bridgehead atoms. The van der Waals surface area contributed by atoms with E-state index in [2.05, 4.69) is 9.08 Å². The summed E-state index contributed by atoms with van der Waals surface area (Å²) in [6.45, 7) is 0. The molecule has 2 rings (SSSR count). The summed E-state index contributed by atoms with van der Waals surface area (Å²) in [5, 5.41) is -0.163. The largest absolute Gasteiger partial charge is 0.416 e. The molecule has 3 nitrogen and oxygen atoms in total. The van der Waals surface area contributed by atoms with Gasteiger partial charge in [0.2, 0.25) is 0 Å². The first-order valence-electron chi connectivity index (χ1n) is 4.38. The minimum absolute atomic E-state index is 0.120. The second-order valence-corrected chi connectivity index (χ2v) is 5.10. The van der Waals surface area contributed by atoms with Crippen molar-refractivity contribution < 1.29 is 18.0 Å². The van der Waals surface area contributed by atoms with Crippen molar-refractivity contribution in [1.29, 1.82) is 0 Å². The van der Waals surface area contributed by atoms with E-state index in [-0.39, 0.29) is 16.3 Å². The molecule has 8 heteroatoms. The first kappa shape index (κ1) is 12.4. The molecular weight excluding hydrogens is 277 g/mol. The Kier molecular flexibility index (Phi) is 2.90. The van der Waals surface area contributed by atoms with Crippen molar-refractivity contribution in [1.82, 2.24) is 4.72 Å². The van der Waals surface area contributed by atoms with Gasteiger partial charge in [-0.1, -0.05) is 11.6 Å². The molecule has 0 spiro atoms. The average molecular weight is 283 g/mol. The first-order valence-corrected chi connectivity index (χ1v) is 6.35. The molecule has 0 saturated heterocycles. The summed E-state index contributed by atoms with van der Waals surface area (Å²) in [5.74, 6) is -0.589. The van der Waals surface area contributed by atoms with Crippen LogP contribution >= 0.6 is 11.6 Å². The molecule has 0 aliphatic carbocycles. The molecule has 0 aromatic heterocycles. The highest BCUT2D eigenvalue weighted by molar-refractivity contribution is 7.85. The lowest BCUT2D eigenvalue weighted by Crippen LogP contribution is -2.28. The molecule has 1 aliphatic heterocycles. The molecule has 0 fully saturated rings. The van der Waals surface area contributed by atoms with Gasteiger partial charge in [0.1, 0.15) is 5.69 Å². The minimum atomic E-state index is -4.54. The van der Waals surface area contributed by atoms with E-state index in [4.69, 9.17) is 11.6 Å². The van der Waals surface area contributed by atoms with E-state index < -0.39 is 28.5 Å². The van der Waals surface area contributed by atoms with Crippen molar-refractivity contribution in [3.8, 4) is 0 Å². The Morgan fingerprint density at radius 2 is 2.06 bits per heavy atom. The predicted molar refractivity (Wildman–Crippen MR) is 59.3 cm³/mol. The molecule has 17 heavy (non-hydrogen) atoms. The molecule has 1 amide bonds. The number of rotatable bonds is 0. The van der Waals surface area contributed by atoms with Gasteiger partial charge in [0.05, 0.1) is 16.1 Å². The summed E-state index contributed by atoms with van der Waals surface area (Å²) in [6, 6.07) is 1.54. The van der Waals surface area contributed by atoms with E-state index >= 15 is 0 Å². The van der Waals surface area contributed by atoms with E-state index in [9.17, 15) is 18.0 Å². The number of carbonyl (C=O) groups is 1. The van der Waals surface area contributed by atoms with Gasteiger partial charge in [-0.05, 0) is 23.0 Å². The molecule has 1 unspecified atom stereocenters. The Morgan fingerprint density at radius 1 is 1.41 bits per heavy atom. The zero-order chi connectivity index (χ0) is 12.8. The van der Waals surface area contributed by atoms with Gasteiger partial charge in [0.15, 0.2) is 0 Å². The Hall–Kier alpha value is -1.08. The van der Waals surface area contributed by atoms with Gasteiger partial charge in [0, 0.05) is 6.26 Å². The fourth-order valence-corrected chi connectivity index (χ4v) is 2.58. The fraction of sp³-hybridized carbons (Fsp3) is 0.222. The Balaban J connectivity index is 2.67. The number of alkyl halides is 3. The number of nitrogens with one attached hydrogen (secondary N) is 1. The maximum atomic E-state index is 12.5. The number of fused-ring (bicyclic) bond motifs is 1. The van der Waals surface area contributed by atoms with Crippen molar-refractivity contribution in [2.45, 2.75) is 6.18 Å². The lowest BCUT2D eigenvalue weighted by molar-refractivity contribution is -0.137. The van der Waals surface area contributed by atoms with Crippen molar-refractivity contribution in [2.75, 3.05) is 6.26 Å². The highest BCUT2D eigenvalue weighted by Crippen LogP contribution is 2.38. The van der Waals surface area contributed by atoms with Gasteiger partial charge in [-0.2, -0.15) is 13.2 Å². The summed E-state index contributed by atoms with van der Waals surface area (Å²) < 4.78 is 44.0. The molecule has 1 aromatic rings. The second-order valence-electron chi connectivity index (χ2n) is 3.35. The van der Waals surface area contributed by atoms with Gasteiger partial charge in [0.25, 0.3) is 5.91 Å². The van der Waals surface area contributed by atoms with Gasteiger partial charge in [-0.3, -0.25) is 9.52 Å². The zero-order valence-electron chi connectivity index (χ0n) is 8.43. The normalized spacial score (nSPS) is 19.4. The Labute approximate surface area is 102 Å². The Morgan fingerprint density at radius 3 is 2.65 bits per heavy atom. The third-order valence-electron chi connectivity index (χ3n) is 2.10. The molecule has 1 aliphatic rings. The maximum Gasteiger partial charge on any atom is 0.416 e. The molecule has 0 radical (unpaired) electrons. The molecule has 1 aromatic carbocycles. The monoisotopic (exact) mass is 282 g/mol. The molecule has 1 heterocycles. The van der Waals surface area contributed by atoms with Gasteiger partial charge < -0.3 is 0 Å². The van der Waals surface area contributed by atoms with Crippen LogP contribution in [-0.4, -0.2) is 12.2 Å². The number of benzene rings is 1. The summed E-state index contributed by atoms with van der Waals surface area (Å²) in [5.41, 5.74) is -0.978. The van der Waals surface area contributed by atoms with Crippen LogP contribution < -0.4 is 4.72 Å². The van der Waals surface area contributed by atoms with Crippen LogP contribution in [0.2, 0.25) is 5.02 Å². The van der Waals surface area contributed by atoms with Crippen LogP contribution in [0.25, 0.3) is 0 Å². The third-order valence-corrected chi connectivity index (χ3v) is 3.33. The SMILES string of the molecule is CS1=Nc2c(Cl)cc(C(F)(F)F)cc2C(=O)N1. The number of amides is 1. The molecule has 92 valence electrons. The lowest BCUT2D eigenvalue weighted by Gasteiger charge is -2.17. The summed E-state index contributed by atoms with van der Waals surface area (Å²) in [4.78, 5) is 11.5. The smallest absolute Gasteiger partial charge is 0.288 e. The van der Waals surface area contributed by atoms with E-state index in [0.29, 0.717) is 0 Å². The number of hydrogen-bond donors (Lipinski definition) is 1. The highest BCUT2D eigenvalue weighted by Gasteiger charge is 2.33. The van der Waals surface area contributed by atoms with E-state index in [1.165, 1.54) is 0 Å². The summed E-state index contributed by atoms with van der Waals surface area (Å²) in [6.07, 6.45) is -2.90. The van der Waals surface area contributed by atoms with Gasteiger partial charge >= 0.3 is 6.18 Å². The van der Waals surface area contributed by atoms with Crippen molar-refractivity contribution >= 4 is 34.1 Å². The number of hydrogen-bond acceptors (Lipinski definition) is 2. The summed E-state index contributed by atoms with van der Waals surface area (Å²) in [7, 11) is -0.760. The topological polar surface area (TPSA) is 41.5 Å². The molecule has 1 N–H and O–H groups in total. The quantitative estimate of drug-likeness (QED) is 0.780. The van der Waals surface area contributed by atoms with Crippen molar-refractivity contribution in [2.24, 2.45) is 4.36 Å². The van der Waals surface area contributed by atoms with Crippen LogP contribution in [0.4, 0.5) is 18.9 Å². The number of halogens is 4. The van der Waals surface area contributed by atoms with Crippen LogP contribution in [-0.2, 0) is 17.1 Å². The van der Waals surface area contributed by atoms with Crippen LogP contribution in [0.5, 0.6) is 0 Å².